The van der Waals surface area contributed by atoms with Crippen LogP contribution >= 0.6 is 0 Å². The maximum absolute atomic E-state index is 12.8. The number of carbonyl (C=O) groups is 2. The van der Waals surface area contributed by atoms with Crippen molar-refractivity contribution >= 4 is 17.5 Å². The maximum Gasteiger partial charge on any atom is 0.228 e. The Kier molecular flexibility index (Phi) is 4.15. The molecule has 0 aromatic carbocycles. The highest BCUT2D eigenvalue weighted by Crippen LogP contribution is 2.26. The zero-order chi connectivity index (χ0) is 17.6. The summed E-state index contributed by atoms with van der Waals surface area (Å²) in [6, 6.07) is 0.303. The molecule has 4 rings (SSSR count). The minimum Gasteiger partial charge on any atom is -0.365 e. The molecule has 136 valence electrons. The van der Waals surface area contributed by atoms with Crippen molar-refractivity contribution in [3.05, 3.63) is 12.4 Å². The first-order valence-electron chi connectivity index (χ1n) is 9.01. The van der Waals surface area contributed by atoms with Crippen LogP contribution in [0.3, 0.4) is 0 Å². The monoisotopic (exact) mass is 346 g/mol. The molecule has 0 radical (unpaired) electrons. The molecule has 1 unspecified atom stereocenters. The summed E-state index contributed by atoms with van der Waals surface area (Å²) in [7, 11) is 3.97. The standard InChI is InChI=1S/C17H26N6O2/c1-19-10-15(11-19)23-9-13(7-16(23)24)17(25)22-5-3-21(4-6-22)14-8-18-20(2)12-14/h8,12-13,15H,3-7,9-11H2,1-2H3. The number of hydrogen-bond donors (Lipinski definition) is 0. The highest BCUT2D eigenvalue weighted by atomic mass is 16.2. The van der Waals surface area contributed by atoms with Gasteiger partial charge in [0.1, 0.15) is 0 Å². The van der Waals surface area contributed by atoms with Crippen LogP contribution in [-0.2, 0) is 16.6 Å². The third kappa shape index (κ3) is 3.10. The second kappa shape index (κ2) is 6.33. The second-order valence-electron chi connectivity index (χ2n) is 7.51. The van der Waals surface area contributed by atoms with Crippen molar-refractivity contribution in [2.75, 3.05) is 57.8 Å². The Balaban J connectivity index is 1.31. The molecule has 8 nitrogen and oxygen atoms in total. The van der Waals surface area contributed by atoms with Crippen LogP contribution in [0.4, 0.5) is 5.69 Å². The maximum atomic E-state index is 12.8. The summed E-state index contributed by atoms with van der Waals surface area (Å²) < 4.78 is 1.80. The molecule has 3 aliphatic heterocycles. The van der Waals surface area contributed by atoms with Crippen LogP contribution in [0.1, 0.15) is 6.42 Å². The molecular formula is C17H26N6O2. The number of carbonyl (C=O) groups excluding carboxylic acids is 2. The zero-order valence-electron chi connectivity index (χ0n) is 15.0. The zero-order valence-corrected chi connectivity index (χ0v) is 15.0. The van der Waals surface area contributed by atoms with E-state index in [9.17, 15) is 9.59 Å². The smallest absolute Gasteiger partial charge is 0.228 e. The molecule has 1 aromatic rings. The van der Waals surface area contributed by atoms with Gasteiger partial charge in [-0.05, 0) is 7.05 Å². The van der Waals surface area contributed by atoms with Crippen LogP contribution < -0.4 is 4.90 Å². The normalized spacial score (nSPS) is 25.6. The number of piperazine rings is 1. The van der Waals surface area contributed by atoms with Gasteiger partial charge in [-0.1, -0.05) is 0 Å². The van der Waals surface area contributed by atoms with E-state index in [-0.39, 0.29) is 17.7 Å². The van der Waals surface area contributed by atoms with Crippen LogP contribution in [0.25, 0.3) is 0 Å². The lowest BCUT2D eigenvalue weighted by atomic mass is 10.1. The molecule has 0 spiro atoms. The molecule has 0 aliphatic carbocycles. The minimum atomic E-state index is -0.164. The number of anilines is 1. The minimum absolute atomic E-state index is 0.144. The summed E-state index contributed by atoms with van der Waals surface area (Å²) in [5.41, 5.74) is 1.10. The van der Waals surface area contributed by atoms with Gasteiger partial charge >= 0.3 is 0 Å². The number of nitrogens with zero attached hydrogens (tertiary/aromatic N) is 6. The summed E-state index contributed by atoms with van der Waals surface area (Å²) in [6.45, 7) is 5.51. The van der Waals surface area contributed by atoms with E-state index in [0.29, 0.717) is 32.1 Å². The summed E-state index contributed by atoms with van der Waals surface area (Å²) >= 11 is 0. The highest BCUT2D eigenvalue weighted by molar-refractivity contribution is 5.89. The van der Waals surface area contributed by atoms with Crippen molar-refractivity contribution in [1.29, 1.82) is 0 Å². The third-order valence-electron chi connectivity index (χ3n) is 5.64. The second-order valence-corrected chi connectivity index (χ2v) is 7.51. The third-order valence-corrected chi connectivity index (χ3v) is 5.64. The van der Waals surface area contributed by atoms with Crippen LogP contribution in [0.15, 0.2) is 12.4 Å². The van der Waals surface area contributed by atoms with Gasteiger partial charge in [-0.3, -0.25) is 14.3 Å². The highest BCUT2D eigenvalue weighted by Gasteiger charge is 2.42. The van der Waals surface area contributed by atoms with Gasteiger partial charge in [-0.15, -0.1) is 0 Å². The van der Waals surface area contributed by atoms with E-state index in [4.69, 9.17) is 0 Å². The number of amides is 2. The molecule has 2 amide bonds. The van der Waals surface area contributed by atoms with Crippen molar-refractivity contribution < 1.29 is 9.59 Å². The largest absolute Gasteiger partial charge is 0.365 e. The van der Waals surface area contributed by atoms with Crippen molar-refractivity contribution in [3.8, 4) is 0 Å². The predicted octanol–water partition coefficient (Wildman–Crippen LogP) is -0.769. The summed E-state index contributed by atoms with van der Waals surface area (Å²) in [5.74, 6) is 0.128. The molecule has 0 saturated carbocycles. The average Bonchev–Trinajstić information content (AvgIpc) is 3.17. The van der Waals surface area contributed by atoms with Gasteiger partial charge in [0.25, 0.3) is 0 Å². The molecule has 1 aromatic heterocycles. The van der Waals surface area contributed by atoms with Gasteiger partial charge in [0.05, 0.1) is 23.8 Å². The van der Waals surface area contributed by atoms with Crippen molar-refractivity contribution in [2.24, 2.45) is 13.0 Å². The molecule has 3 fully saturated rings. The van der Waals surface area contributed by atoms with E-state index in [1.807, 2.05) is 29.2 Å². The van der Waals surface area contributed by atoms with Crippen LogP contribution in [-0.4, -0.2) is 95.2 Å². The van der Waals surface area contributed by atoms with E-state index in [1.54, 1.807) is 4.68 Å². The van der Waals surface area contributed by atoms with Crippen LogP contribution in [0.2, 0.25) is 0 Å². The lowest BCUT2D eigenvalue weighted by molar-refractivity contribution is -0.136. The number of aromatic nitrogens is 2. The Bertz CT molecular complexity index is 660. The van der Waals surface area contributed by atoms with Gasteiger partial charge in [-0.25, -0.2) is 0 Å². The fraction of sp³-hybridized carbons (Fsp3) is 0.706. The molecule has 1 atom stereocenters. The fourth-order valence-corrected chi connectivity index (χ4v) is 4.13. The molecule has 8 heteroatoms. The van der Waals surface area contributed by atoms with E-state index in [1.165, 1.54) is 0 Å². The first kappa shape index (κ1) is 16.4. The van der Waals surface area contributed by atoms with E-state index in [2.05, 4.69) is 21.9 Å². The number of hydrogen-bond acceptors (Lipinski definition) is 5. The number of likely N-dealkylation sites (N-methyl/N-ethyl adjacent to an activating group) is 1. The van der Waals surface area contributed by atoms with Crippen molar-refractivity contribution in [3.63, 3.8) is 0 Å². The lowest BCUT2D eigenvalue weighted by Crippen LogP contribution is -2.58. The Hall–Kier alpha value is -2.09. The SMILES string of the molecule is CN1CC(N2CC(C(=O)N3CCN(c4cnn(C)c4)CC3)CC2=O)C1. The molecule has 3 saturated heterocycles. The number of aryl methyl sites for hydroxylation is 1. The topological polar surface area (TPSA) is 64.9 Å². The van der Waals surface area contributed by atoms with Crippen molar-refractivity contribution in [2.45, 2.75) is 12.5 Å². The predicted molar refractivity (Wildman–Crippen MR) is 93.1 cm³/mol. The Labute approximate surface area is 147 Å². The first-order chi connectivity index (χ1) is 12.0. The Morgan fingerprint density at radius 3 is 2.44 bits per heavy atom. The fourth-order valence-electron chi connectivity index (χ4n) is 4.13. The van der Waals surface area contributed by atoms with Gasteiger partial charge in [0, 0.05) is 65.5 Å². The van der Waals surface area contributed by atoms with E-state index >= 15 is 0 Å². The summed E-state index contributed by atoms with van der Waals surface area (Å²) in [5, 5.41) is 4.21. The van der Waals surface area contributed by atoms with Gasteiger partial charge in [0.15, 0.2) is 0 Å². The quantitative estimate of drug-likeness (QED) is 0.719. The molecular weight excluding hydrogens is 320 g/mol. The Morgan fingerprint density at radius 1 is 1.12 bits per heavy atom. The first-order valence-corrected chi connectivity index (χ1v) is 9.01. The molecule has 3 aliphatic rings. The average molecular weight is 346 g/mol. The van der Waals surface area contributed by atoms with Crippen molar-refractivity contribution in [1.82, 2.24) is 24.5 Å². The lowest BCUT2D eigenvalue weighted by Gasteiger charge is -2.42. The molecule has 0 N–H and O–H groups in total. The number of likely N-dealkylation sites (tertiary alicyclic amines) is 2. The van der Waals surface area contributed by atoms with E-state index < -0.39 is 0 Å². The van der Waals surface area contributed by atoms with E-state index in [0.717, 1.165) is 31.9 Å². The summed E-state index contributed by atoms with van der Waals surface area (Å²) in [4.78, 5) is 33.4. The van der Waals surface area contributed by atoms with Gasteiger partial charge in [0.2, 0.25) is 11.8 Å². The Morgan fingerprint density at radius 2 is 1.84 bits per heavy atom. The summed E-state index contributed by atoms with van der Waals surface area (Å²) in [6.07, 6.45) is 4.24. The van der Waals surface area contributed by atoms with Crippen LogP contribution in [0, 0.1) is 5.92 Å². The van der Waals surface area contributed by atoms with Gasteiger partial charge in [-0.2, -0.15) is 5.10 Å². The van der Waals surface area contributed by atoms with Gasteiger partial charge < -0.3 is 19.6 Å². The molecule has 4 heterocycles. The number of rotatable bonds is 3. The van der Waals surface area contributed by atoms with Crippen LogP contribution in [0.5, 0.6) is 0 Å². The molecule has 0 bridgehead atoms. The molecule has 25 heavy (non-hydrogen) atoms.